The van der Waals surface area contributed by atoms with Crippen LogP contribution in [0.5, 0.6) is 5.75 Å². The maximum atomic E-state index is 14.6. The first-order chi connectivity index (χ1) is 13.0. The van der Waals surface area contributed by atoms with Crippen molar-refractivity contribution in [3.8, 4) is 16.9 Å². The Hall–Kier alpha value is -2.94. The molecule has 1 unspecified atom stereocenters. The maximum absolute atomic E-state index is 14.6. The van der Waals surface area contributed by atoms with Crippen LogP contribution >= 0.6 is 0 Å². The van der Waals surface area contributed by atoms with Crippen LogP contribution < -0.4 is 4.74 Å². The number of hydrogen-bond donors (Lipinski definition) is 0. The smallest absolute Gasteiger partial charge is 0.318 e. The molecule has 3 aromatic rings. The molecule has 1 atom stereocenters. The second-order valence-corrected chi connectivity index (χ2v) is 6.97. The maximum Gasteiger partial charge on any atom is 0.318 e. The molecule has 0 aliphatic heterocycles. The van der Waals surface area contributed by atoms with E-state index in [2.05, 4.69) is 13.8 Å². The first kappa shape index (κ1) is 18.8. The van der Waals surface area contributed by atoms with Crippen molar-refractivity contribution in [2.45, 2.75) is 32.6 Å². The van der Waals surface area contributed by atoms with Gasteiger partial charge in [0, 0.05) is 5.56 Å². The number of ether oxygens (including phenoxy) is 1. The van der Waals surface area contributed by atoms with Crippen molar-refractivity contribution in [3.05, 3.63) is 89.7 Å². The van der Waals surface area contributed by atoms with Gasteiger partial charge in [0.15, 0.2) is 0 Å². The molecule has 0 amide bonds. The van der Waals surface area contributed by atoms with Crippen LogP contribution in [-0.2, 0) is 4.79 Å². The Bertz CT molecular complexity index is 915. The zero-order valence-electron chi connectivity index (χ0n) is 15.8. The average molecular weight is 362 g/mol. The molecule has 3 aromatic carbocycles. The number of esters is 1. The Morgan fingerprint density at radius 3 is 2.07 bits per heavy atom. The van der Waals surface area contributed by atoms with Gasteiger partial charge in [-0.05, 0) is 47.7 Å². The summed E-state index contributed by atoms with van der Waals surface area (Å²) in [6.07, 6.45) is 0. The van der Waals surface area contributed by atoms with Gasteiger partial charge in [-0.15, -0.1) is 0 Å². The molecule has 138 valence electrons. The normalized spacial score (nSPS) is 12.0. The molecular weight excluding hydrogens is 339 g/mol. The molecule has 3 heteroatoms. The van der Waals surface area contributed by atoms with Crippen molar-refractivity contribution in [1.29, 1.82) is 0 Å². The number of hydrogen-bond acceptors (Lipinski definition) is 2. The van der Waals surface area contributed by atoms with Crippen LogP contribution in [0.3, 0.4) is 0 Å². The highest BCUT2D eigenvalue weighted by molar-refractivity contribution is 5.80. The van der Waals surface area contributed by atoms with E-state index in [0.717, 1.165) is 5.56 Å². The molecule has 0 fully saturated rings. The van der Waals surface area contributed by atoms with E-state index in [0.29, 0.717) is 22.8 Å². The number of rotatable bonds is 5. The third-order valence-electron chi connectivity index (χ3n) is 4.70. The van der Waals surface area contributed by atoms with Crippen molar-refractivity contribution >= 4 is 5.97 Å². The fourth-order valence-electron chi connectivity index (χ4n) is 2.91. The Morgan fingerprint density at radius 2 is 1.48 bits per heavy atom. The van der Waals surface area contributed by atoms with Crippen LogP contribution in [0, 0.1) is 5.82 Å². The van der Waals surface area contributed by atoms with Gasteiger partial charge in [0.2, 0.25) is 0 Å². The quantitative estimate of drug-likeness (QED) is 0.392. The van der Waals surface area contributed by atoms with E-state index in [1.165, 1.54) is 11.6 Å². The van der Waals surface area contributed by atoms with E-state index in [-0.39, 0.29) is 5.82 Å². The summed E-state index contributed by atoms with van der Waals surface area (Å²) in [7, 11) is 0. The molecule has 0 heterocycles. The third-order valence-corrected chi connectivity index (χ3v) is 4.70. The van der Waals surface area contributed by atoms with Crippen LogP contribution in [-0.4, -0.2) is 5.97 Å². The van der Waals surface area contributed by atoms with Gasteiger partial charge in [-0.25, -0.2) is 4.39 Å². The number of benzene rings is 3. The average Bonchev–Trinajstić information content (AvgIpc) is 2.68. The SMILES string of the molecule is CC(C)c1ccc(OC(=O)C(C)c2ccc(-c3ccccc3)c(F)c2)cc1. The lowest BCUT2D eigenvalue weighted by atomic mass is 9.97. The molecule has 0 aliphatic carbocycles. The molecule has 0 saturated carbocycles. The molecule has 27 heavy (non-hydrogen) atoms. The molecule has 3 rings (SSSR count). The summed E-state index contributed by atoms with van der Waals surface area (Å²) in [6.45, 7) is 5.94. The fourth-order valence-corrected chi connectivity index (χ4v) is 2.91. The zero-order valence-corrected chi connectivity index (χ0v) is 15.8. The highest BCUT2D eigenvalue weighted by Crippen LogP contribution is 2.27. The largest absolute Gasteiger partial charge is 0.426 e. The summed E-state index contributed by atoms with van der Waals surface area (Å²) in [5.74, 6) is -0.398. The van der Waals surface area contributed by atoms with Crippen LogP contribution in [0.2, 0.25) is 0 Å². The van der Waals surface area contributed by atoms with E-state index in [1.54, 1.807) is 31.2 Å². The lowest BCUT2D eigenvalue weighted by molar-refractivity contribution is -0.135. The second kappa shape index (κ2) is 8.17. The van der Waals surface area contributed by atoms with Gasteiger partial charge >= 0.3 is 5.97 Å². The summed E-state index contributed by atoms with van der Waals surface area (Å²) in [6, 6.07) is 21.7. The lowest BCUT2D eigenvalue weighted by Gasteiger charge is -2.14. The van der Waals surface area contributed by atoms with E-state index >= 15 is 0 Å². The van der Waals surface area contributed by atoms with Crippen molar-refractivity contribution < 1.29 is 13.9 Å². The summed E-state index contributed by atoms with van der Waals surface area (Å²) in [5.41, 5.74) is 3.10. The minimum Gasteiger partial charge on any atom is -0.426 e. The van der Waals surface area contributed by atoms with Crippen molar-refractivity contribution in [3.63, 3.8) is 0 Å². The van der Waals surface area contributed by atoms with Gasteiger partial charge in [-0.1, -0.05) is 68.4 Å². The van der Waals surface area contributed by atoms with Crippen molar-refractivity contribution in [2.75, 3.05) is 0 Å². The fraction of sp³-hybridized carbons (Fsp3) is 0.208. The summed E-state index contributed by atoms with van der Waals surface area (Å²) in [4.78, 5) is 12.5. The van der Waals surface area contributed by atoms with Gasteiger partial charge in [0.1, 0.15) is 11.6 Å². The summed E-state index contributed by atoms with van der Waals surface area (Å²) < 4.78 is 20.0. The standard InChI is InChI=1S/C24H23FO2/c1-16(2)18-9-12-21(13-10-18)27-24(26)17(3)20-11-14-22(23(25)15-20)19-7-5-4-6-8-19/h4-17H,1-3H3. The first-order valence-electron chi connectivity index (χ1n) is 9.12. The van der Waals surface area contributed by atoms with Crippen LogP contribution in [0.15, 0.2) is 72.8 Å². The van der Waals surface area contributed by atoms with E-state index in [9.17, 15) is 9.18 Å². The first-order valence-corrected chi connectivity index (χ1v) is 9.12. The highest BCUT2D eigenvalue weighted by atomic mass is 19.1. The van der Waals surface area contributed by atoms with E-state index in [4.69, 9.17) is 4.74 Å². The van der Waals surface area contributed by atoms with Crippen LogP contribution in [0.4, 0.5) is 4.39 Å². The Labute approximate surface area is 159 Å². The van der Waals surface area contributed by atoms with Gasteiger partial charge in [-0.2, -0.15) is 0 Å². The lowest BCUT2D eigenvalue weighted by Crippen LogP contribution is -2.16. The van der Waals surface area contributed by atoms with Gasteiger partial charge in [0.05, 0.1) is 5.92 Å². The highest BCUT2D eigenvalue weighted by Gasteiger charge is 2.19. The van der Waals surface area contributed by atoms with Gasteiger partial charge < -0.3 is 4.74 Å². The zero-order chi connectivity index (χ0) is 19.4. The molecule has 0 bridgehead atoms. The van der Waals surface area contributed by atoms with Gasteiger partial charge in [-0.3, -0.25) is 4.79 Å². The minimum absolute atomic E-state index is 0.348. The molecular formula is C24H23FO2. The Morgan fingerprint density at radius 1 is 0.852 bits per heavy atom. The summed E-state index contributed by atoms with van der Waals surface area (Å²) in [5, 5.41) is 0. The molecule has 0 N–H and O–H groups in total. The third kappa shape index (κ3) is 4.43. The summed E-state index contributed by atoms with van der Waals surface area (Å²) >= 11 is 0. The molecule has 0 spiro atoms. The van der Waals surface area contributed by atoms with E-state index in [1.807, 2.05) is 42.5 Å². The Kier molecular flexibility index (Phi) is 5.70. The minimum atomic E-state index is -0.561. The van der Waals surface area contributed by atoms with Crippen molar-refractivity contribution in [1.82, 2.24) is 0 Å². The van der Waals surface area contributed by atoms with E-state index < -0.39 is 11.9 Å². The topological polar surface area (TPSA) is 26.3 Å². The molecule has 0 aromatic heterocycles. The number of carbonyl (C=O) groups excluding carboxylic acids is 1. The molecule has 0 aliphatic rings. The predicted octanol–water partition coefficient (Wildman–Crippen LogP) is 6.33. The second-order valence-electron chi connectivity index (χ2n) is 6.97. The van der Waals surface area contributed by atoms with Crippen LogP contribution in [0.1, 0.15) is 43.7 Å². The molecule has 0 radical (unpaired) electrons. The Balaban J connectivity index is 1.74. The number of carbonyl (C=O) groups is 1. The predicted molar refractivity (Wildman–Crippen MR) is 106 cm³/mol. The van der Waals surface area contributed by atoms with Gasteiger partial charge in [0.25, 0.3) is 0 Å². The molecule has 0 saturated heterocycles. The monoisotopic (exact) mass is 362 g/mol. The van der Waals surface area contributed by atoms with Crippen molar-refractivity contribution in [2.24, 2.45) is 0 Å². The van der Waals surface area contributed by atoms with Crippen LogP contribution in [0.25, 0.3) is 11.1 Å². The molecule has 2 nitrogen and oxygen atoms in total. The number of halogens is 1.